The van der Waals surface area contributed by atoms with Gasteiger partial charge in [0.05, 0.1) is 0 Å². The highest BCUT2D eigenvalue weighted by molar-refractivity contribution is 5.83. The van der Waals surface area contributed by atoms with Crippen LogP contribution in [0.5, 0.6) is 0 Å². The van der Waals surface area contributed by atoms with Crippen LogP contribution in [0.25, 0.3) is 0 Å². The van der Waals surface area contributed by atoms with Gasteiger partial charge in [-0.1, -0.05) is 0 Å². The van der Waals surface area contributed by atoms with Crippen molar-refractivity contribution in [3.63, 3.8) is 0 Å². The largest absolute Gasteiger partial charge is 0.511 e. The van der Waals surface area contributed by atoms with Crippen LogP contribution in [0, 0.1) is 0 Å². The summed E-state index contributed by atoms with van der Waals surface area (Å²) in [4.78, 5) is 9.45. The molecule has 0 saturated heterocycles. The molecule has 7 heavy (non-hydrogen) atoms. The van der Waals surface area contributed by atoms with Crippen molar-refractivity contribution in [1.82, 2.24) is 0 Å². The Bertz CT molecular complexity index is 104. The smallest absolute Gasteiger partial charge is 0.374 e. The van der Waals surface area contributed by atoms with Crippen LogP contribution in [-0.4, -0.2) is 21.3 Å². The van der Waals surface area contributed by atoms with E-state index in [4.69, 9.17) is 15.3 Å². The lowest BCUT2D eigenvalue weighted by molar-refractivity contribution is -0.135. The standard InChI is InChI=1S/C3H4O4/c4-1-2(5)3(6)7/h1,4-5H,(H,6,7)/b2-1-. The van der Waals surface area contributed by atoms with Gasteiger partial charge in [0.2, 0.25) is 5.76 Å². The highest BCUT2D eigenvalue weighted by Gasteiger charge is 1.99. The number of hydrogen-bond acceptors (Lipinski definition) is 3. The number of aliphatic hydroxyl groups excluding tert-OH is 2. The summed E-state index contributed by atoms with van der Waals surface area (Å²) in [5.74, 6) is -2.59. The Hall–Kier alpha value is -1.19. The van der Waals surface area contributed by atoms with Crippen molar-refractivity contribution in [2.75, 3.05) is 0 Å². The zero-order valence-corrected chi connectivity index (χ0v) is 3.33. The quantitative estimate of drug-likeness (QED) is 0.324. The number of carboxylic acids is 1. The summed E-state index contributed by atoms with van der Waals surface area (Å²) in [5, 5.41) is 23.4. The van der Waals surface area contributed by atoms with E-state index in [0.29, 0.717) is 0 Å². The third-order valence-electron chi connectivity index (χ3n) is 0.341. The first-order valence-electron chi connectivity index (χ1n) is 1.45. The first-order valence-corrected chi connectivity index (χ1v) is 1.45. The molecule has 0 unspecified atom stereocenters. The molecule has 3 N–H and O–H groups in total. The lowest BCUT2D eigenvalue weighted by Crippen LogP contribution is -1.97. The third kappa shape index (κ3) is 1.64. The van der Waals surface area contributed by atoms with Gasteiger partial charge in [0.25, 0.3) is 0 Å². The molecular weight excluding hydrogens is 100 g/mol. The summed E-state index contributed by atoms with van der Waals surface area (Å²) < 4.78 is 0. The summed E-state index contributed by atoms with van der Waals surface area (Å²) in [5.41, 5.74) is 0. The van der Waals surface area contributed by atoms with Crippen LogP contribution in [0.1, 0.15) is 0 Å². The summed E-state index contributed by atoms with van der Waals surface area (Å²) in [6.07, 6.45) is 0.113. The molecule has 0 radical (unpaired) electrons. The summed E-state index contributed by atoms with van der Waals surface area (Å²) >= 11 is 0. The van der Waals surface area contributed by atoms with E-state index in [1.807, 2.05) is 0 Å². The maximum Gasteiger partial charge on any atom is 0.374 e. The van der Waals surface area contributed by atoms with E-state index in [1.165, 1.54) is 0 Å². The highest BCUT2D eigenvalue weighted by atomic mass is 16.4. The lowest BCUT2D eigenvalue weighted by atomic mass is 10.6. The van der Waals surface area contributed by atoms with Crippen LogP contribution in [0.4, 0.5) is 0 Å². The SMILES string of the molecule is O=C(O)/C(O)=C/O. The van der Waals surface area contributed by atoms with Crippen molar-refractivity contribution in [2.24, 2.45) is 0 Å². The number of hydrogen-bond donors (Lipinski definition) is 3. The molecule has 0 rings (SSSR count). The molecule has 0 aliphatic heterocycles. The Labute approximate surface area is 39.3 Å². The molecule has 0 aliphatic rings. The summed E-state index contributed by atoms with van der Waals surface area (Å²) in [7, 11) is 0. The molecule has 0 atom stereocenters. The highest BCUT2D eigenvalue weighted by Crippen LogP contribution is 1.81. The molecule has 0 aromatic carbocycles. The number of aliphatic hydroxyl groups is 2. The van der Waals surface area contributed by atoms with Crippen LogP contribution in [0.15, 0.2) is 12.0 Å². The predicted molar refractivity (Wildman–Crippen MR) is 21.0 cm³/mol. The third-order valence-corrected chi connectivity index (χ3v) is 0.341. The average Bonchev–Trinajstić information content (AvgIpc) is 1.65. The zero-order chi connectivity index (χ0) is 5.86. The van der Waals surface area contributed by atoms with Gasteiger partial charge in [-0.2, -0.15) is 0 Å². The lowest BCUT2D eigenvalue weighted by Gasteiger charge is -1.82. The van der Waals surface area contributed by atoms with Crippen molar-refractivity contribution in [2.45, 2.75) is 0 Å². The molecule has 0 saturated carbocycles. The Balaban J connectivity index is 3.82. The van der Waals surface area contributed by atoms with Gasteiger partial charge >= 0.3 is 5.97 Å². The van der Waals surface area contributed by atoms with Crippen LogP contribution < -0.4 is 0 Å². The molecule has 0 spiro atoms. The van der Waals surface area contributed by atoms with E-state index in [9.17, 15) is 4.79 Å². The Kier molecular flexibility index (Phi) is 1.72. The van der Waals surface area contributed by atoms with Crippen molar-refractivity contribution in [1.29, 1.82) is 0 Å². The maximum absolute atomic E-state index is 9.45. The monoisotopic (exact) mass is 104 g/mol. The molecule has 0 heterocycles. The van der Waals surface area contributed by atoms with Crippen molar-refractivity contribution >= 4 is 5.97 Å². The average molecular weight is 104 g/mol. The van der Waals surface area contributed by atoms with Crippen LogP contribution in [-0.2, 0) is 4.79 Å². The minimum Gasteiger partial charge on any atom is -0.511 e. The van der Waals surface area contributed by atoms with Crippen LogP contribution >= 0.6 is 0 Å². The number of carboxylic acid groups (broad SMARTS) is 1. The number of carbonyl (C=O) groups is 1. The molecule has 4 nitrogen and oxygen atoms in total. The molecular formula is C3H4O4. The van der Waals surface area contributed by atoms with Gasteiger partial charge in [0, 0.05) is 0 Å². The molecule has 0 amide bonds. The second-order valence-electron chi connectivity index (χ2n) is 0.819. The van der Waals surface area contributed by atoms with Gasteiger partial charge in [-0.05, 0) is 0 Å². The second-order valence-corrected chi connectivity index (χ2v) is 0.819. The summed E-state index contributed by atoms with van der Waals surface area (Å²) in [6, 6.07) is 0. The van der Waals surface area contributed by atoms with Gasteiger partial charge in [-0.15, -0.1) is 0 Å². The van der Waals surface area contributed by atoms with Crippen molar-refractivity contribution in [3.8, 4) is 0 Å². The van der Waals surface area contributed by atoms with Crippen molar-refractivity contribution < 1.29 is 20.1 Å². The molecule has 40 valence electrons. The fraction of sp³-hybridized carbons (Fsp3) is 0. The molecule has 0 fully saturated rings. The molecule has 0 aromatic heterocycles. The first-order chi connectivity index (χ1) is 3.18. The number of rotatable bonds is 1. The molecule has 0 aliphatic carbocycles. The zero-order valence-electron chi connectivity index (χ0n) is 3.33. The predicted octanol–water partition coefficient (Wildman–Crippen LogP) is 0.0284. The first kappa shape index (κ1) is 5.81. The van der Waals surface area contributed by atoms with E-state index >= 15 is 0 Å². The Morgan fingerprint density at radius 2 is 1.86 bits per heavy atom. The fourth-order valence-electron chi connectivity index (χ4n) is 0.0552. The van der Waals surface area contributed by atoms with E-state index in [2.05, 4.69) is 0 Å². The molecule has 4 heteroatoms. The Morgan fingerprint density at radius 1 is 1.43 bits per heavy atom. The van der Waals surface area contributed by atoms with E-state index in [0.717, 1.165) is 0 Å². The van der Waals surface area contributed by atoms with Gasteiger partial charge in [0.1, 0.15) is 6.26 Å². The second kappa shape index (κ2) is 2.07. The van der Waals surface area contributed by atoms with E-state index < -0.39 is 11.7 Å². The summed E-state index contributed by atoms with van der Waals surface area (Å²) in [6.45, 7) is 0. The van der Waals surface area contributed by atoms with Gasteiger partial charge in [0.15, 0.2) is 0 Å². The Morgan fingerprint density at radius 3 is 1.86 bits per heavy atom. The van der Waals surface area contributed by atoms with E-state index in [-0.39, 0.29) is 6.26 Å². The minimum atomic E-state index is -1.54. The fourth-order valence-corrected chi connectivity index (χ4v) is 0.0552. The topological polar surface area (TPSA) is 77.8 Å². The minimum absolute atomic E-state index is 0.113. The van der Waals surface area contributed by atoms with Crippen LogP contribution in [0.2, 0.25) is 0 Å². The van der Waals surface area contributed by atoms with Crippen LogP contribution in [0.3, 0.4) is 0 Å². The molecule has 0 aromatic rings. The normalized spacial score (nSPS) is 11.1. The van der Waals surface area contributed by atoms with Crippen molar-refractivity contribution in [3.05, 3.63) is 12.0 Å². The van der Waals surface area contributed by atoms with E-state index in [1.54, 1.807) is 0 Å². The number of aliphatic carboxylic acids is 1. The van der Waals surface area contributed by atoms with Gasteiger partial charge in [-0.3, -0.25) is 0 Å². The molecule has 0 bridgehead atoms. The van der Waals surface area contributed by atoms with Gasteiger partial charge in [-0.25, -0.2) is 4.79 Å². The van der Waals surface area contributed by atoms with Gasteiger partial charge < -0.3 is 15.3 Å². The maximum atomic E-state index is 9.45.